The normalized spacial score (nSPS) is 11.9. The van der Waals surface area contributed by atoms with Crippen LogP contribution in [0.15, 0.2) is 47.1 Å². The van der Waals surface area contributed by atoms with Gasteiger partial charge in [-0.1, -0.05) is 28.1 Å². The van der Waals surface area contributed by atoms with Crippen molar-refractivity contribution in [1.29, 1.82) is 0 Å². The number of nitrogens with zero attached hydrogens (tertiary/aromatic N) is 1. The van der Waals surface area contributed by atoms with Crippen LogP contribution in [0.25, 0.3) is 0 Å². The van der Waals surface area contributed by atoms with Crippen LogP contribution in [-0.2, 0) is 0 Å². The fourth-order valence-electron chi connectivity index (χ4n) is 1.73. The minimum Gasteiger partial charge on any atom is -0.480 e. The lowest BCUT2D eigenvalue weighted by atomic mass is 10.1. The molecule has 1 unspecified atom stereocenters. The molecule has 0 radical (unpaired) electrons. The maximum atomic E-state index is 5.22. The van der Waals surface area contributed by atoms with Crippen molar-refractivity contribution in [2.45, 2.75) is 13.0 Å². The summed E-state index contributed by atoms with van der Waals surface area (Å²) in [7, 11) is 1.62. The summed E-state index contributed by atoms with van der Waals surface area (Å²) in [5.74, 6) is 0.612. The minimum absolute atomic E-state index is 0.191. The summed E-state index contributed by atoms with van der Waals surface area (Å²) in [5.41, 5.74) is 2.11. The van der Waals surface area contributed by atoms with Crippen molar-refractivity contribution in [3.05, 3.63) is 52.6 Å². The van der Waals surface area contributed by atoms with Crippen molar-refractivity contribution in [3.8, 4) is 5.88 Å². The molecule has 2 aromatic rings. The average molecular weight is 307 g/mol. The van der Waals surface area contributed by atoms with Crippen LogP contribution >= 0.6 is 15.9 Å². The first-order chi connectivity index (χ1) is 8.70. The highest BCUT2D eigenvalue weighted by Crippen LogP contribution is 2.26. The highest BCUT2D eigenvalue weighted by molar-refractivity contribution is 9.10. The molecular formula is C14H15BrN2O. The number of ether oxygens (including phenoxy) is 1. The summed E-state index contributed by atoms with van der Waals surface area (Å²) in [5, 5.41) is 3.39. The Morgan fingerprint density at radius 1 is 1.22 bits per heavy atom. The predicted octanol–water partition coefficient (Wildman–Crippen LogP) is 4.03. The monoisotopic (exact) mass is 306 g/mol. The maximum Gasteiger partial charge on any atom is 0.237 e. The first kappa shape index (κ1) is 12.9. The van der Waals surface area contributed by atoms with Gasteiger partial charge in [0.05, 0.1) is 12.8 Å². The summed E-state index contributed by atoms with van der Waals surface area (Å²) < 4.78 is 6.30. The zero-order valence-corrected chi connectivity index (χ0v) is 11.9. The van der Waals surface area contributed by atoms with Crippen LogP contribution in [0.4, 0.5) is 5.69 Å². The third kappa shape index (κ3) is 3.01. The second-order valence-corrected chi connectivity index (χ2v) is 4.89. The van der Waals surface area contributed by atoms with E-state index in [9.17, 15) is 0 Å². The van der Waals surface area contributed by atoms with E-state index < -0.39 is 0 Å². The van der Waals surface area contributed by atoms with Gasteiger partial charge in [-0.3, -0.25) is 0 Å². The fourth-order valence-corrected chi connectivity index (χ4v) is 2.00. The highest BCUT2D eigenvalue weighted by Gasteiger charge is 2.09. The summed E-state index contributed by atoms with van der Waals surface area (Å²) >= 11 is 3.43. The Morgan fingerprint density at radius 2 is 1.94 bits per heavy atom. The lowest BCUT2D eigenvalue weighted by Crippen LogP contribution is -2.08. The molecule has 2 rings (SSSR count). The molecule has 0 fully saturated rings. The molecule has 4 heteroatoms. The van der Waals surface area contributed by atoms with E-state index >= 15 is 0 Å². The maximum absolute atomic E-state index is 5.22. The third-order valence-corrected chi connectivity index (χ3v) is 3.24. The molecule has 1 heterocycles. The second kappa shape index (κ2) is 5.87. The first-order valence-corrected chi connectivity index (χ1v) is 6.51. The Bertz CT molecular complexity index is 513. The number of pyridine rings is 1. The number of methoxy groups -OCH3 is 1. The molecule has 1 N–H and O–H groups in total. The number of anilines is 1. The van der Waals surface area contributed by atoms with Crippen LogP contribution in [0.5, 0.6) is 5.88 Å². The van der Waals surface area contributed by atoms with E-state index in [1.165, 1.54) is 5.56 Å². The lowest BCUT2D eigenvalue weighted by Gasteiger charge is -2.17. The van der Waals surface area contributed by atoms with E-state index in [0.717, 1.165) is 10.2 Å². The fraction of sp³-hybridized carbons (Fsp3) is 0.214. The van der Waals surface area contributed by atoms with Gasteiger partial charge in [-0.05, 0) is 36.8 Å². The van der Waals surface area contributed by atoms with Crippen LogP contribution < -0.4 is 10.1 Å². The molecule has 1 atom stereocenters. The molecule has 0 amide bonds. The van der Waals surface area contributed by atoms with Gasteiger partial charge >= 0.3 is 0 Å². The summed E-state index contributed by atoms with van der Waals surface area (Å²) in [6.45, 7) is 2.11. The summed E-state index contributed by atoms with van der Waals surface area (Å²) in [6.07, 6.45) is 1.72. The Hall–Kier alpha value is -1.55. The molecule has 0 spiro atoms. The van der Waals surface area contributed by atoms with Crippen LogP contribution in [0.3, 0.4) is 0 Å². The number of nitrogens with one attached hydrogen (secondary N) is 1. The van der Waals surface area contributed by atoms with Crippen molar-refractivity contribution < 1.29 is 4.74 Å². The quantitative estimate of drug-likeness (QED) is 0.926. The average Bonchev–Trinajstić information content (AvgIpc) is 2.40. The summed E-state index contributed by atoms with van der Waals surface area (Å²) in [6, 6.07) is 12.3. The van der Waals surface area contributed by atoms with Crippen molar-refractivity contribution in [2.24, 2.45) is 0 Å². The van der Waals surface area contributed by atoms with Crippen LogP contribution in [0.2, 0.25) is 0 Å². The Balaban J connectivity index is 2.15. The van der Waals surface area contributed by atoms with E-state index in [2.05, 4.69) is 45.3 Å². The molecule has 18 heavy (non-hydrogen) atoms. The van der Waals surface area contributed by atoms with Crippen molar-refractivity contribution in [1.82, 2.24) is 4.98 Å². The smallest absolute Gasteiger partial charge is 0.237 e. The SMILES string of the molecule is COc1ncccc1NC(C)c1ccc(Br)cc1. The van der Waals surface area contributed by atoms with E-state index in [0.29, 0.717) is 5.88 Å². The van der Waals surface area contributed by atoms with Gasteiger partial charge in [-0.2, -0.15) is 0 Å². The number of rotatable bonds is 4. The van der Waals surface area contributed by atoms with E-state index in [1.807, 2.05) is 24.3 Å². The molecule has 3 nitrogen and oxygen atoms in total. The molecule has 0 aliphatic carbocycles. The topological polar surface area (TPSA) is 34.1 Å². The number of benzene rings is 1. The van der Waals surface area contributed by atoms with Gasteiger partial charge in [0.15, 0.2) is 0 Å². The molecule has 94 valence electrons. The number of hydrogen-bond acceptors (Lipinski definition) is 3. The van der Waals surface area contributed by atoms with Crippen molar-refractivity contribution in [3.63, 3.8) is 0 Å². The Labute approximate surface area is 115 Å². The zero-order valence-electron chi connectivity index (χ0n) is 10.4. The number of aromatic nitrogens is 1. The molecular weight excluding hydrogens is 292 g/mol. The first-order valence-electron chi connectivity index (χ1n) is 5.71. The molecule has 1 aromatic heterocycles. The predicted molar refractivity (Wildman–Crippen MR) is 77.0 cm³/mol. The number of hydrogen-bond donors (Lipinski definition) is 1. The van der Waals surface area contributed by atoms with Crippen LogP contribution in [0.1, 0.15) is 18.5 Å². The molecule has 0 aliphatic heterocycles. The van der Waals surface area contributed by atoms with Gasteiger partial charge in [0, 0.05) is 16.7 Å². The van der Waals surface area contributed by atoms with Gasteiger partial charge in [0.1, 0.15) is 0 Å². The van der Waals surface area contributed by atoms with Gasteiger partial charge in [-0.25, -0.2) is 4.98 Å². The van der Waals surface area contributed by atoms with Gasteiger partial charge in [-0.15, -0.1) is 0 Å². The van der Waals surface area contributed by atoms with Crippen LogP contribution in [0, 0.1) is 0 Å². The third-order valence-electron chi connectivity index (χ3n) is 2.71. The lowest BCUT2D eigenvalue weighted by molar-refractivity contribution is 0.399. The molecule has 0 bridgehead atoms. The molecule has 0 saturated carbocycles. The molecule has 0 saturated heterocycles. The van der Waals surface area contributed by atoms with Crippen molar-refractivity contribution >= 4 is 21.6 Å². The largest absolute Gasteiger partial charge is 0.480 e. The van der Waals surface area contributed by atoms with Crippen molar-refractivity contribution in [2.75, 3.05) is 12.4 Å². The highest BCUT2D eigenvalue weighted by atomic mass is 79.9. The van der Waals surface area contributed by atoms with E-state index in [1.54, 1.807) is 13.3 Å². The van der Waals surface area contributed by atoms with Crippen LogP contribution in [-0.4, -0.2) is 12.1 Å². The van der Waals surface area contributed by atoms with E-state index in [-0.39, 0.29) is 6.04 Å². The minimum atomic E-state index is 0.191. The zero-order chi connectivity index (χ0) is 13.0. The molecule has 1 aromatic carbocycles. The molecule has 0 aliphatic rings. The Kier molecular flexibility index (Phi) is 4.20. The number of halogens is 1. The van der Waals surface area contributed by atoms with Gasteiger partial charge in [0.2, 0.25) is 5.88 Å². The second-order valence-electron chi connectivity index (χ2n) is 3.98. The Morgan fingerprint density at radius 3 is 2.61 bits per heavy atom. The summed E-state index contributed by atoms with van der Waals surface area (Å²) in [4.78, 5) is 4.17. The van der Waals surface area contributed by atoms with Gasteiger partial charge in [0.25, 0.3) is 0 Å². The van der Waals surface area contributed by atoms with E-state index in [4.69, 9.17) is 4.74 Å². The van der Waals surface area contributed by atoms with Gasteiger partial charge < -0.3 is 10.1 Å². The standard InChI is InChI=1S/C14H15BrN2O/c1-10(11-5-7-12(15)8-6-11)17-13-4-3-9-16-14(13)18-2/h3-10,17H,1-2H3.